The molecule has 17 nitrogen and oxygen atoms in total. The van der Waals surface area contributed by atoms with Crippen LogP contribution in [0.4, 0.5) is 5.95 Å². The first-order chi connectivity index (χ1) is 13.1. The predicted octanol–water partition coefficient (Wildman–Crippen LogP) is -2.14. The maximum absolute atomic E-state index is 11.9. The number of hydrogen-bond acceptors (Lipinski definition) is 12. The Morgan fingerprint density at radius 3 is 2.28 bits per heavy atom. The number of rotatable bonds is 8. The van der Waals surface area contributed by atoms with Gasteiger partial charge in [0.25, 0.3) is 5.56 Å². The van der Waals surface area contributed by atoms with E-state index in [1.54, 1.807) is 0 Å². The molecule has 20 heteroatoms. The van der Waals surface area contributed by atoms with Crippen molar-refractivity contribution < 1.29 is 61.4 Å². The van der Waals surface area contributed by atoms with Crippen molar-refractivity contribution in [3.63, 3.8) is 0 Å². The molecular formula is C9H16N3O14P3. The number of nitrogens with zero attached hydrogens (tertiary/aromatic N) is 1. The lowest BCUT2D eigenvalue weighted by Crippen LogP contribution is -2.33. The summed E-state index contributed by atoms with van der Waals surface area (Å²) in [7, 11) is -16.7. The molecule has 1 aromatic heterocycles. The van der Waals surface area contributed by atoms with Gasteiger partial charge in [-0.05, 0) is 0 Å². The summed E-state index contributed by atoms with van der Waals surface area (Å²) in [5.74, 6) is -0.226. The highest BCUT2D eigenvalue weighted by Gasteiger charge is 2.47. The van der Waals surface area contributed by atoms with E-state index in [1.165, 1.54) is 0 Å². The molecule has 29 heavy (non-hydrogen) atoms. The van der Waals surface area contributed by atoms with Crippen molar-refractivity contribution in [3.8, 4) is 0 Å². The van der Waals surface area contributed by atoms with Gasteiger partial charge in [0.15, 0.2) is 5.95 Å². The zero-order valence-corrected chi connectivity index (χ0v) is 16.6. The molecule has 0 amide bonds. The standard InChI is InChI=1S/C9H16N3O14P3/c10-9-11-1-3(8(15)12-9)7-6(14)5(13)4(24-7)2-23-28(19,20)26-29(21,22)25-27(16,17)18/h1,4-7,13-14H,2H2,(H,19,20)(H,21,22)(H2,16,17,18)(H3,10,11,12,15). The Kier molecular flexibility index (Phi) is 7.20. The third-order valence-electron chi connectivity index (χ3n) is 3.33. The van der Waals surface area contributed by atoms with Crippen LogP contribution in [0.2, 0.25) is 0 Å². The van der Waals surface area contributed by atoms with E-state index in [0.29, 0.717) is 0 Å². The third-order valence-corrected chi connectivity index (χ3v) is 7.14. The van der Waals surface area contributed by atoms with Crippen molar-refractivity contribution in [1.29, 1.82) is 0 Å². The number of nitrogens with two attached hydrogens (primary N) is 1. The molecule has 1 fully saturated rings. The maximum Gasteiger partial charge on any atom is 0.490 e. The number of phosphoric ester groups is 1. The van der Waals surface area contributed by atoms with E-state index < -0.39 is 60.1 Å². The highest BCUT2D eigenvalue weighted by atomic mass is 31.3. The van der Waals surface area contributed by atoms with E-state index in [-0.39, 0.29) is 11.5 Å². The Hall–Kier alpha value is -1.03. The molecule has 6 atom stereocenters. The van der Waals surface area contributed by atoms with Crippen LogP contribution in [-0.4, -0.2) is 64.7 Å². The summed E-state index contributed by atoms with van der Waals surface area (Å²) in [6.45, 7) is -1.02. The molecule has 0 bridgehead atoms. The predicted molar refractivity (Wildman–Crippen MR) is 88.7 cm³/mol. The van der Waals surface area contributed by atoms with Gasteiger partial charge in [-0.25, -0.2) is 18.7 Å². The van der Waals surface area contributed by atoms with E-state index in [0.717, 1.165) is 6.20 Å². The van der Waals surface area contributed by atoms with Crippen LogP contribution in [0.15, 0.2) is 11.0 Å². The van der Waals surface area contributed by atoms with Gasteiger partial charge in [0.05, 0.1) is 12.2 Å². The molecule has 1 saturated heterocycles. The van der Waals surface area contributed by atoms with Gasteiger partial charge in [-0.2, -0.15) is 8.62 Å². The van der Waals surface area contributed by atoms with Gasteiger partial charge >= 0.3 is 23.5 Å². The molecule has 0 spiro atoms. The molecule has 6 unspecified atom stereocenters. The number of aromatic amines is 1. The topological polar surface area (TPSA) is 281 Å². The first kappa shape index (κ1) is 24.2. The van der Waals surface area contributed by atoms with Crippen molar-refractivity contribution >= 4 is 29.4 Å². The van der Waals surface area contributed by atoms with Crippen molar-refractivity contribution in [2.24, 2.45) is 0 Å². The van der Waals surface area contributed by atoms with Crippen LogP contribution < -0.4 is 11.3 Å². The average Bonchev–Trinajstić information content (AvgIpc) is 2.78. The summed E-state index contributed by atoms with van der Waals surface area (Å²) in [5, 5.41) is 20.0. The van der Waals surface area contributed by atoms with E-state index in [4.69, 9.17) is 25.2 Å². The number of hydrogen-bond donors (Lipinski definition) is 8. The number of aliphatic hydroxyl groups excluding tert-OH is 2. The van der Waals surface area contributed by atoms with Gasteiger partial charge < -0.3 is 40.3 Å². The fourth-order valence-electron chi connectivity index (χ4n) is 2.24. The number of aromatic nitrogens is 2. The molecule has 1 aliphatic heterocycles. The van der Waals surface area contributed by atoms with Crippen molar-refractivity contribution in [2.45, 2.75) is 24.4 Å². The van der Waals surface area contributed by atoms with Crippen LogP contribution in [-0.2, 0) is 31.6 Å². The highest BCUT2D eigenvalue weighted by Crippen LogP contribution is 2.66. The lowest BCUT2D eigenvalue weighted by molar-refractivity contribution is -0.0227. The Morgan fingerprint density at radius 2 is 1.72 bits per heavy atom. The molecular weight excluding hydrogens is 467 g/mol. The number of ether oxygens (including phenoxy) is 1. The third kappa shape index (κ3) is 6.73. The summed E-state index contributed by atoms with van der Waals surface area (Å²) in [6.07, 6.45) is -5.44. The van der Waals surface area contributed by atoms with Gasteiger partial charge in [0, 0.05) is 6.20 Å². The molecule has 1 aromatic rings. The zero-order valence-electron chi connectivity index (χ0n) is 13.9. The Labute approximate surface area is 160 Å². The number of phosphoric acid groups is 3. The molecule has 0 saturated carbocycles. The normalized spacial score (nSPS) is 29.3. The van der Waals surface area contributed by atoms with Gasteiger partial charge in [-0.1, -0.05) is 0 Å². The molecule has 0 aromatic carbocycles. The van der Waals surface area contributed by atoms with Gasteiger partial charge in [0.2, 0.25) is 0 Å². The monoisotopic (exact) mass is 483 g/mol. The zero-order chi connectivity index (χ0) is 22.2. The number of nitrogen functional groups attached to an aromatic ring is 1. The second-order valence-electron chi connectivity index (χ2n) is 5.52. The minimum atomic E-state index is -5.71. The van der Waals surface area contributed by atoms with E-state index >= 15 is 0 Å². The maximum atomic E-state index is 11.9. The van der Waals surface area contributed by atoms with Crippen LogP contribution in [0.5, 0.6) is 0 Å². The average molecular weight is 483 g/mol. The Bertz CT molecular complexity index is 946. The van der Waals surface area contributed by atoms with Crippen LogP contribution in [0, 0.1) is 0 Å². The quantitative estimate of drug-likeness (QED) is 0.183. The summed E-state index contributed by atoms with van der Waals surface area (Å²) in [4.78, 5) is 52.9. The lowest BCUT2D eigenvalue weighted by atomic mass is 10.0. The SMILES string of the molecule is Nc1ncc(C2OC(COP(=O)(O)OP(=O)(O)OP(=O)(O)O)C(O)C2O)c(=O)[nH]1. The fraction of sp³-hybridized carbons (Fsp3) is 0.556. The van der Waals surface area contributed by atoms with Crippen LogP contribution in [0.3, 0.4) is 0 Å². The van der Waals surface area contributed by atoms with E-state index in [9.17, 15) is 33.6 Å². The molecule has 166 valence electrons. The van der Waals surface area contributed by atoms with Crippen molar-refractivity contribution in [1.82, 2.24) is 9.97 Å². The summed E-state index contributed by atoms with van der Waals surface area (Å²) >= 11 is 0. The Balaban J connectivity index is 2.05. The van der Waals surface area contributed by atoms with E-state index in [1.807, 2.05) is 0 Å². The van der Waals surface area contributed by atoms with Crippen LogP contribution >= 0.6 is 23.5 Å². The number of aliphatic hydroxyl groups is 2. The smallest absolute Gasteiger partial charge is 0.387 e. The minimum Gasteiger partial charge on any atom is -0.387 e. The Morgan fingerprint density at radius 1 is 1.10 bits per heavy atom. The molecule has 2 rings (SSSR count). The second kappa shape index (κ2) is 8.61. The lowest BCUT2D eigenvalue weighted by Gasteiger charge is -2.19. The minimum absolute atomic E-state index is 0.226. The van der Waals surface area contributed by atoms with Crippen molar-refractivity contribution in [3.05, 3.63) is 22.1 Å². The van der Waals surface area contributed by atoms with Gasteiger partial charge in [-0.3, -0.25) is 14.3 Å². The summed E-state index contributed by atoms with van der Waals surface area (Å²) in [6, 6.07) is 0. The molecule has 2 heterocycles. The van der Waals surface area contributed by atoms with Gasteiger partial charge in [0.1, 0.15) is 24.4 Å². The fourth-order valence-corrected chi connectivity index (χ4v) is 5.27. The number of nitrogens with one attached hydrogen (secondary N) is 1. The molecule has 0 radical (unpaired) electrons. The van der Waals surface area contributed by atoms with E-state index in [2.05, 4.69) is 23.1 Å². The van der Waals surface area contributed by atoms with Crippen LogP contribution in [0.25, 0.3) is 0 Å². The van der Waals surface area contributed by atoms with Crippen LogP contribution in [0.1, 0.15) is 11.7 Å². The highest BCUT2D eigenvalue weighted by molar-refractivity contribution is 7.66. The molecule has 0 aliphatic carbocycles. The molecule has 1 aliphatic rings. The number of anilines is 1. The summed E-state index contributed by atoms with van der Waals surface area (Å²) in [5.41, 5.74) is 4.27. The first-order valence-electron chi connectivity index (χ1n) is 7.25. The summed E-state index contributed by atoms with van der Waals surface area (Å²) < 4.78 is 50.0. The molecule has 9 N–H and O–H groups in total. The van der Waals surface area contributed by atoms with Crippen molar-refractivity contribution in [2.75, 3.05) is 12.3 Å². The largest absolute Gasteiger partial charge is 0.490 e. The van der Waals surface area contributed by atoms with Gasteiger partial charge in [-0.15, -0.1) is 0 Å². The second-order valence-corrected chi connectivity index (χ2v) is 9.94. The number of H-pyrrole nitrogens is 1. The first-order valence-corrected chi connectivity index (χ1v) is 11.8.